The van der Waals surface area contributed by atoms with Gasteiger partial charge in [-0.25, -0.2) is 9.18 Å². The standard InChI is InChI=1S/C13H15FO2/c1-4-16-13(15)10(3)7-11-6-5-9(2)12(14)8-11/h5-8H,4H2,1-3H3/b10-7+. The average Bonchev–Trinajstić information content (AvgIpc) is 2.24. The van der Waals surface area contributed by atoms with Gasteiger partial charge in [-0.15, -0.1) is 0 Å². The molecule has 0 saturated carbocycles. The summed E-state index contributed by atoms with van der Waals surface area (Å²) in [6.45, 7) is 5.43. The highest BCUT2D eigenvalue weighted by atomic mass is 19.1. The van der Waals surface area contributed by atoms with Crippen molar-refractivity contribution in [1.29, 1.82) is 0 Å². The van der Waals surface area contributed by atoms with E-state index in [1.807, 2.05) is 0 Å². The van der Waals surface area contributed by atoms with Crippen LogP contribution in [0.25, 0.3) is 6.08 Å². The number of esters is 1. The summed E-state index contributed by atoms with van der Waals surface area (Å²) >= 11 is 0. The van der Waals surface area contributed by atoms with Crippen LogP contribution >= 0.6 is 0 Å². The highest BCUT2D eigenvalue weighted by Crippen LogP contribution is 2.13. The minimum absolute atomic E-state index is 0.273. The molecule has 0 aromatic heterocycles. The van der Waals surface area contributed by atoms with E-state index in [-0.39, 0.29) is 11.8 Å². The molecular formula is C13H15FO2. The maximum atomic E-state index is 13.2. The fourth-order valence-electron chi connectivity index (χ4n) is 1.25. The van der Waals surface area contributed by atoms with Crippen molar-refractivity contribution < 1.29 is 13.9 Å². The van der Waals surface area contributed by atoms with Gasteiger partial charge in [0.15, 0.2) is 0 Å². The van der Waals surface area contributed by atoms with Crippen molar-refractivity contribution in [1.82, 2.24) is 0 Å². The van der Waals surface area contributed by atoms with E-state index in [2.05, 4.69) is 0 Å². The van der Waals surface area contributed by atoms with Crippen LogP contribution in [0.15, 0.2) is 23.8 Å². The first-order chi connectivity index (χ1) is 7.54. The molecule has 1 aromatic rings. The van der Waals surface area contributed by atoms with E-state index < -0.39 is 0 Å². The van der Waals surface area contributed by atoms with Gasteiger partial charge in [0.2, 0.25) is 0 Å². The number of hydrogen-bond donors (Lipinski definition) is 0. The van der Waals surface area contributed by atoms with Crippen LogP contribution in [0, 0.1) is 12.7 Å². The molecule has 0 aliphatic carbocycles. The molecule has 1 aromatic carbocycles. The SMILES string of the molecule is CCOC(=O)/C(C)=C/c1ccc(C)c(F)c1. The Morgan fingerprint density at radius 3 is 2.75 bits per heavy atom. The fourth-order valence-corrected chi connectivity index (χ4v) is 1.25. The number of benzene rings is 1. The van der Waals surface area contributed by atoms with Crippen molar-refractivity contribution in [2.24, 2.45) is 0 Å². The summed E-state index contributed by atoms with van der Waals surface area (Å²) in [5, 5.41) is 0. The average molecular weight is 222 g/mol. The molecule has 0 radical (unpaired) electrons. The molecule has 0 heterocycles. The van der Waals surface area contributed by atoms with Gasteiger partial charge in [-0.2, -0.15) is 0 Å². The molecule has 0 spiro atoms. The largest absolute Gasteiger partial charge is 0.463 e. The predicted molar refractivity (Wildman–Crippen MR) is 61.4 cm³/mol. The van der Waals surface area contributed by atoms with Gasteiger partial charge < -0.3 is 4.74 Å². The Bertz CT molecular complexity index is 422. The van der Waals surface area contributed by atoms with Gasteiger partial charge in [0.25, 0.3) is 0 Å². The van der Waals surface area contributed by atoms with E-state index >= 15 is 0 Å². The van der Waals surface area contributed by atoms with E-state index in [9.17, 15) is 9.18 Å². The van der Waals surface area contributed by atoms with Crippen LogP contribution in [-0.2, 0) is 9.53 Å². The Morgan fingerprint density at radius 1 is 1.50 bits per heavy atom. The maximum Gasteiger partial charge on any atom is 0.333 e. The van der Waals surface area contributed by atoms with Crippen LogP contribution in [0.4, 0.5) is 4.39 Å². The molecule has 0 fully saturated rings. The lowest BCUT2D eigenvalue weighted by molar-refractivity contribution is -0.138. The zero-order valence-electron chi connectivity index (χ0n) is 9.71. The first kappa shape index (κ1) is 12.4. The normalized spacial score (nSPS) is 11.4. The summed E-state index contributed by atoms with van der Waals surface area (Å²) in [4.78, 5) is 11.3. The molecule has 1 rings (SSSR count). The second-order valence-electron chi connectivity index (χ2n) is 3.56. The third kappa shape index (κ3) is 3.19. The monoisotopic (exact) mass is 222 g/mol. The third-order valence-corrected chi connectivity index (χ3v) is 2.18. The Balaban J connectivity index is 2.89. The summed E-state index contributed by atoms with van der Waals surface area (Å²) in [5.41, 5.74) is 1.71. The lowest BCUT2D eigenvalue weighted by Crippen LogP contribution is -2.04. The fraction of sp³-hybridized carbons (Fsp3) is 0.308. The van der Waals surface area contributed by atoms with Crippen LogP contribution in [0.3, 0.4) is 0 Å². The van der Waals surface area contributed by atoms with Crippen LogP contribution in [0.5, 0.6) is 0 Å². The van der Waals surface area contributed by atoms with Gasteiger partial charge in [0.05, 0.1) is 6.61 Å². The van der Waals surface area contributed by atoms with Gasteiger partial charge in [0, 0.05) is 5.57 Å². The smallest absolute Gasteiger partial charge is 0.333 e. The van der Waals surface area contributed by atoms with Crippen LogP contribution in [-0.4, -0.2) is 12.6 Å². The predicted octanol–water partition coefficient (Wildman–Crippen LogP) is 3.10. The molecule has 0 aliphatic rings. The second-order valence-corrected chi connectivity index (χ2v) is 3.56. The topological polar surface area (TPSA) is 26.3 Å². The summed E-state index contributed by atoms with van der Waals surface area (Å²) < 4.78 is 18.1. The first-order valence-corrected chi connectivity index (χ1v) is 5.16. The van der Waals surface area contributed by atoms with Crippen molar-refractivity contribution in [3.8, 4) is 0 Å². The molecule has 0 saturated heterocycles. The lowest BCUT2D eigenvalue weighted by Gasteiger charge is -2.02. The molecule has 0 amide bonds. The zero-order valence-corrected chi connectivity index (χ0v) is 9.71. The van der Waals surface area contributed by atoms with Crippen LogP contribution in [0.2, 0.25) is 0 Å². The minimum atomic E-state index is -0.372. The Hall–Kier alpha value is -1.64. The van der Waals surface area contributed by atoms with Crippen LogP contribution in [0.1, 0.15) is 25.0 Å². The summed E-state index contributed by atoms with van der Waals surface area (Å²) in [7, 11) is 0. The summed E-state index contributed by atoms with van der Waals surface area (Å²) in [6.07, 6.45) is 1.61. The molecule has 0 N–H and O–H groups in total. The quantitative estimate of drug-likeness (QED) is 0.580. The summed E-state index contributed by atoms with van der Waals surface area (Å²) in [6, 6.07) is 4.85. The molecule has 0 aliphatic heterocycles. The van der Waals surface area contributed by atoms with Gasteiger partial charge in [-0.1, -0.05) is 12.1 Å². The molecule has 2 nitrogen and oxygen atoms in total. The van der Waals surface area contributed by atoms with Crippen molar-refractivity contribution in [2.75, 3.05) is 6.61 Å². The van der Waals surface area contributed by atoms with Crippen molar-refractivity contribution in [3.05, 3.63) is 40.7 Å². The Kier molecular flexibility index (Phi) is 4.23. The molecule has 16 heavy (non-hydrogen) atoms. The maximum absolute atomic E-state index is 13.2. The van der Waals surface area contributed by atoms with Crippen molar-refractivity contribution >= 4 is 12.0 Å². The highest BCUT2D eigenvalue weighted by molar-refractivity contribution is 5.92. The summed E-state index contributed by atoms with van der Waals surface area (Å²) in [5.74, 6) is -0.645. The lowest BCUT2D eigenvalue weighted by atomic mass is 10.1. The highest BCUT2D eigenvalue weighted by Gasteiger charge is 2.05. The Morgan fingerprint density at radius 2 is 2.19 bits per heavy atom. The second kappa shape index (κ2) is 5.45. The molecule has 0 unspecified atom stereocenters. The number of rotatable bonds is 3. The van der Waals surface area contributed by atoms with Gasteiger partial charge in [-0.05, 0) is 44.0 Å². The van der Waals surface area contributed by atoms with Crippen molar-refractivity contribution in [2.45, 2.75) is 20.8 Å². The Labute approximate surface area is 94.7 Å². The molecule has 0 bridgehead atoms. The van der Waals surface area contributed by atoms with Gasteiger partial charge in [0.1, 0.15) is 5.82 Å². The third-order valence-electron chi connectivity index (χ3n) is 2.18. The number of carbonyl (C=O) groups is 1. The van der Waals surface area contributed by atoms with E-state index in [1.165, 1.54) is 6.07 Å². The van der Waals surface area contributed by atoms with Gasteiger partial charge in [-0.3, -0.25) is 0 Å². The number of carbonyl (C=O) groups excluding carboxylic acids is 1. The molecule has 3 heteroatoms. The van der Waals surface area contributed by atoms with Crippen LogP contribution < -0.4 is 0 Å². The number of hydrogen-bond acceptors (Lipinski definition) is 2. The van der Waals surface area contributed by atoms with E-state index in [0.717, 1.165) is 0 Å². The minimum Gasteiger partial charge on any atom is -0.463 e. The van der Waals surface area contributed by atoms with E-state index in [4.69, 9.17) is 4.74 Å². The number of ether oxygens (including phenoxy) is 1. The first-order valence-electron chi connectivity index (χ1n) is 5.16. The van der Waals surface area contributed by atoms with Crippen molar-refractivity contribution in [3.63, 3.8) is 0 Å². The molecule has 0 atom stereocenters. The molecule has 86 valence electrons. The van der Waals surface area contributed by atoms with E-state index in [0.29, 0.717) is 23.3 Å². The number of aryl methyl sites for hydroxylation is 1. The van der Waals surface area contributed by atoms with E-state index in [1.54, 1.807) is 39.0 Å². The van der Waals surface area contributed by atoms with Gasteiger partial charge >= 0.3 is 5.97 Å². The molecular weight excluding hydrogens is 207 g/mol. The zero-order chi connectivity index (χ0) is 12.1. The number of halogens is 1.